The Balaban J connectivity index is 3.71. The van der Waals surface area contributed by atoms with Crippen LogP contribution >= 0.6 is 0 Å². The molecule has 0 aromatic rings. The van der Waals surface area contributed by atoms with Crippen molar-refractivity contribution in [3.63, 3.8) is 0 Å². The van der Waals surface area contributed by atoms with Gasteiger partial charge in [0.25, 0.3) is 0 Å². The first-order valence-corrected chi connectivity index (χ1v) is 5.53. The van der Waals surface area contributed by atoms with Crippen LogP contribution in [0.25, 0.3) is 0 Å². The van der Waals surface area contributed by atoms with Crippen molar-refractivity contribution in [3.8, 4) is 0 Å². The van der Waals surface area contributed by atoms with Gasteiger partial charge in [0.2, 0.25) is 0 Å². The average Bonchev–Trinajstić information content (AvgIpc) is 1.95. The van der Waals surface area contributed by atoms with E-state index in [1.807, 2.05) is 6.92 Å². The Kier molecular flexibility index (Phi) is 5.40. The molecule has 0 radical (unpaired) electrons. The zero-order valence-corrected chi connectivity index (χ0v) is 8.36. The number of unbranched alkanes of at least 4 members (excludes halogenated alkanes) is 2. The van der Waals surface area contributed by atoms with Gasteiger partial charge < -0.3 is 5.73 Å². The Labute approximate surface area is 78.1 Å². The van der Waals surface area contributed by atoms with Crippen LogP contribution in [0.15, 0.2) is 0 Å². The highest BCUT2D eigenvalue weighted by atomic mass is 32.2. The van der Waals surface area contributed by atoms with Crippen molar-refractivity contribution in [2.75, 3.05) is 6.54 Å². The number of nitrogens with one attached hydrogen (secondary N) is 2. The molecule has 0 saturated carbocycles. The number of hydrogen-bond acceptors (Lipinski definition) is 3. The first-order chi connectivity index (χ1) is 5.98. The van der Waals surface area contributed by atoms with Gasteiger partial charge in [0, 0.05) is 6.54 Å². The number of carbonyl (C=O) groups is 1. The third-order valence-electron chi connectivity index (χ3n) is 1.31. The van der Waals surface area contributed by atoms with Crippen LogP contribution in [0.3, 0.4) is 0 Å². The molecule has 0 fully saturated rings. The van der Waals surface area contributed by atoms with Gasteiger partial charge in [-0.1, -0.05) is 19.8 Å². The average molecular weight is 209 g/mol. The van der Waals surface area contributed by atoms with E-state index in [0.717, 1.165) is 19.3 Å². The Morgan fingerprint density at radius 2 is 2.00 bits per heavy atom. The van der Waals surface area contributed by atoms with Crippen molar-refractivity contribution in [2.24, 2.45) is 5.73 Å². The van der Waals surface area contributed by atoms with Gasteiger partial charge in [-0.15, -0.1) is 0 Å². The smallest absolute Gasteiger partial charge is 0.326 e. The molecule has 2 amide bonds. The molecule has 0 atom stereocenters. The van der Waals surface area contributed by atoms with Gasteiger partial charge in [0.15, 0.2) is 0 Å². The quantitative estimate of drug-likeness (QED) is 0.522. The molecule has 0 saturated heterocycles. The standard InChI is InChI=1S/C6H15N3O3S/c1-2-3-4-5-8-13(11,12)9-6(7)10/h8H,2-5H2,1H3,(H3,7,9,10). The Hall–Kier alpha value is -0.820. The Morgan fingerprint density at radius 3 is 2.46 bits per heavy atom. The zero-order valence-electron chi connectivity index (χ0n) is 7.54. The van der Waals surface area contributed by atoms with E-state index in [-0.39, 0.29) is 0 Å². The van der Waals surface area contributed by atoms with Gasteiger partial charge in [-0.25, -0.2) is 9.52 Å². The lowest BCUT2D eigenvalue weighted by atomic mass is 10.3. The molecule has 0 rings (SSSR count). The van der Waals surface area contributed by atoms with E-state index >= 15 is 0 Å². The summed E-state index contributed by atoms with van der Waals surface area (Å²) in [6.45, 7) is 2.33. The van der Waals surface area contributed by atoms with Crippen molar-refractivity contribution < 1.29 is 13.2 Å². The van der Waals surface area contributed by atoms with Crippen molar-refractivity contribution in [1.29, 1.82) is 0 Å². The minimum atomic E-state index is -3.74. The number of nitrogens with two attached hydrogens (primary N) is 1. The molecule has 0 aromatic heterocycles. The molecular formula is C6H15N3O3S. The summed E-state index contributed by atoms with van der Waals surface area (Å²) in [6, 6.07) is -1.08. The molecule has 0 spiro atoms. The molecule has 13 heavy (non-hydrogen) atoms. The lowest BCUT2D eigenvalue weighted by Crippen LogP contribution is -2.43. The van der Waals surface area contributed by atoms with Crippen LogP contribution in [0.5, 0.6) is 0 Å². The summed E-state index contributed by atoms with van der Waals surface area (Å²) in [5, 5.41) is 0. The summed E-state index contributed by atoms with van der Waals surface area (Å²) in [5.74, 6) is 0. The first-order valence-electron chi connectivity index (χ1n) is 4.05. The molecular weight excluding hydrogens is 194 g/mol. The molecule has 0 aliphatic rings. The highest BCUT2D eigenvalue weighted by Crippen LogP contribution is 1.91. The van der Waals surface area contributed by atoms with Crippen molar-refractivity contribution in [1.82, 2.24) is 9.44 Å². The van der Waals surface area contributed by atoms with E-state index in [0.29, 0.717) is 6.54 Å². The normalized spacial score (nSPS) is 11.2. The predicted octanol–water partition coefficient (Wildman–Crippen LogP) is -0.321. The molecule has 0 aliphatic carbocycles. The maximum absolute atomic E-state index is 10.9. The fraction of sp³-hybridized carbons (Fsp3) is 0.833. The molecule has 0 aromatic carbocycles. The first kappa shape index (κ1) is 12.2. The predicted molar refractivity (Wildman–Crippen MR) is 49.2 cm³/mol. The zero-order chi connectivity index (χ0) is 10.3. The summed E-state index contributed by atoms with van der Waals surface area (Å²) in [6.07, 6.45) is 2.69. The van der Waals surface area contributed by atoms with E-state index in [1.54, 1.807) is 4.72 Å². The second-order valence-electron chi connectivity index (χ2n) is 2.57. The van der Waals surface area contributed by atoms with Crippen LogP contribution in [-0.4, -0.2) is 21.0 Å². The Morgan fingerprint density at radius 1 is 1.38 bits per heavy atom. The van der Waals surface area contributed by atoms with E-state index in [1.165, 1.54) is 0 Å². The molecule has 7 heteroatoms. The summed E-state index contributed by atoms with van der Waals surface area (Å²) in [4.78, 5) is 10.2. The molecule has 4 N–H and O–H groups in total. The van der Waals surface area contributed by atoms with Gasteiger partial charge in [-0.3, -0.25) is 0 Å². The third kappa shape index (κ3) is 7.54. The second kappa shape index (κ2) is 5.76. The highest BCUT2D eigenvalue weighted by Gasteiger charge is 2.09. The minimum Gasteiger partial charge on any atom is -0.351 e. The maximum Gasteiger partial charge on any atom is 0.326 e. The van der Waals surface area contributed by atoms with Crippen LogP contribution in [0.4, 0.5) is 4.79 Å². The number of primary amides is 1. The van der Waals surface area contributed by atoms with Gasteiger partial charge >= 0.3 is 16.2 Å². The summed E-state index contributed by atoms with van der Waals surface area (Å²) in [7, 11) is -3.74. The minimum absolute atomic E-state index is 0.316. The van der Waals surface area contributed by atoms with Gasteiger partial charge in [-0.05, 0) is 6.42 Å². The van der Waals surface area contributed by atoms with Gasteiger partial charge in [0.1, 0.15) is 0 Å². The summed E-state index contributed by atoms with van der Waals surface area (Å²) in [5.41, 5.74) is 4.64. The lowest BCUT2D eigenvalue weighted by molar-refractivity contribution is 0.253. The van der Waals surface area contributed by atoms with Crippen molar-refractivity contribution in [2.45, 2.75) is 26.2 Å². The van der Waals surface area contributed by atoms with Gasteiger partial charge in [-0.2, -0.15) is 13.1 Å². The maximum atomic E-state index is 10.9. The lowest BCUT2D eigenvalue weighted by Gasteiger charge is -2.05. The van der Waals surface area contributed by atoms with Crippen molar-refractivity contribution in [3.05, 3.63) is 0 Å². The fourth-order valence-electron chi connectivity index (χ4n) is 0.750. The number of hydrogen-bond donors (Lipinski definition) is 3. The van der Waals surface area contributed by atoms with E-state index in [4.69, 9.17) is 0 Å². The fourth-order valence-corrected chi connectivity index (χ4v) is 1.50. The summed E-state index contributed by atoms with van der Waals surface area (Å²) < 4.78 is 25.5. The number of rotatable bonds is 6. The number of amides is 2. The van der Waals surface area contributed by atoms with Crippen LogP contribution in [-0.2, 0) is 10.2 Å². The molecule has 0 aliphatic heterocycles. The van der Waals surface area contributed by atoms with Crippen LogP contribution in [0, 0.1) is 0 Å². The Bertz CT molecular complexity index is 250. The van der Waals surface area contributed by atoms with Crippen LogP contribution in [0.1, 0.15) is 26.2 Å². The second-order valence-corrected chi connectivity index (χ2v) is 4.07. The van der Waals surface area contributed by atoms with Crippen molar-refractivity contribution >= 4 is 16.2 Å². The molecule has 0 bridgehead atoms. The topological polar surface area (TPSA) is 101 Å². The number of urea groups is 1. The van der Waals surface area contributed by atoms with Crippen LogP contribution in [0.2, 0.25) is 0 Å². The van der Waals surface area contributed by atoms with E-state index in [2.05, 4.69) is 10.5 Å². The highest BCUT2D eigenvalue weighted by molar-refractivity contribution is 7.88. The van der Waals surface area contributed by atoms with Crippen LogP contribution < -0.4 is 15.2 Å². The largest absolute Gasteiger partial charge is 0.351 e. The monoisotopic (exact) mass is 209 g/mol. The molecule has 0 unspecified atom stereocenters. The third-order valence-corrected chi connectivity index (χ3v) is 2.36. The molecule has 78 valence electrons. The number of carbonyl (C=O) groups excluding carboxylic acids is 1. The SMILES string of the molecule is CCCCCNS(=O)(=O)NC(N)=O. The van der Waals surface area contributed by atoms with E-state index in [9.17, 15) is 13.2 Å². The molecule has 0 heterocycles. The molecule has 6 nitrogen and oxygen atoms in total. The summed E-state index contributed by atoms with van der Waals surface area (Å²) >= 11 is 0. The van der Waals surface area contributed by atoms with Gasteiger partial charge in [0.05, 0.1) is 0 Å². The van der Waals surface area contributed by atoms with E-state index < -0.39 is 16.2 Å².